The minimum absolute atomic E-state index is 0.0186. The lowest BCUT2D eigenvalue weighted by Crippen LogP contribution is -2.20. The Morgan fingerprint density at radius 1 is 0.500 bits per heavy atom. The van der Waals surface area contributed by atoms with Gasteiger partial charge in [-0.15, -0.1) is 0 Å². The zero-order valence-corrected chi connectivity index (χ0v) is 24.2. The Morgan fingerprint density at radius 3 is 0.975 bits per heavy atom. The van der Waals surface area contributed by atoms with Crippen LogP contribution in [0.1, 0.15) is 143 Å². The molecule has 0 aliphatic heterocycles. The quantitative estimate of drug-likeness (QED) is 0.166. The predicted octanol–water partition coefficient (Wildman–Crippen LogP) is 7.54. The maximum Gasteiger partial charge on any atom is 0.336 e. The van der Waals surface area contributed by atoms with E-state index in [1.54, 1.807) is 0 Å². The van der Waals surface area contributed by atoms with E-state index in [1.807, 2.05) is 0 Å². The molecule has 0 heterocycles. The van der Waals surface area contributed by atoms with E-state index in [0.717, 1.165) is 79.7 Å². The lowest BCUT2D eigenvalue weighted by Gasteiger charge is -2.24. The Bertz CT molecular complexity index is 1040. The van der Waals surface area contributed by atoms with Gasteiger partial charge in [0.05, 0.1) is 22.3 Å². The predicted molar refractivity (Wildman–Crippen MR) is 155 cm³/mol. The van der Waals surface area contributed by atoms with Crippen molar-refractivity contribution in [1.82, 2.24) is 0 Å². The van der Waals surface area contributed by atoms with Gasteiger partial charge in [0.2, 0.25) is 0 Å². The third-order valence-electron chi connectivity index (χ3n) is 6.84. The summed E-state index contributed by atoms with van der Waals surface area (Å²) in [7, 11) is 0. The summed E-state index contributed by atoms with van der Waals surface area (Å²) in [5.74, 6) is -4.05. The molecule has 220 valence electrons. The molecular weight excluding hydrogens is 512 g/mol. The molecule has 4 N–H and O–H groups in total. The number of aromatic carboxylic acids is 4. The summed E-state index contributed by atoms with van der Waals surface area (Å²) < 4.78 is 0. The van der Waals surface area contributed by atoms with Crippen LogP contribution >= 0.6 is 0 Å². The number of hydrogen-bond donors (Lipinski definition) is 4. The maximum atomic E-state index is 12.4. The van der Waals surface area contributed by atoms with E-state index in [1.165, 1.54) is 18.2 Å². The highest BCUT2D eigenvalue weighted by molar-refractivity contribution is 5.98. The standard InChI is InChI=1S/C24H38O4.C8H6O4/c1-5-9-13-17-18(14-10-6-2)22(24(27)28)20(16-12-8-4)19(15-11-7-3)21(17)23(25)26;9-7(10)5-2-1-3-6(4-5)8(11)12/h5-16H2,1-4H3,(H,25,26)(H,27,28);1-4H,(H,9,10)(H,11,12). The summed E-state index contributed by atoms with van der Waals surface area (Å²) in [5, 5.41) is 37.3. The van der Waals surface area contributed by atoms with Crippen molar-refractivity contribution in [2.24, 2.45) is 0 Å². The second-order valence-electron chi connectivity index (χ2n) is 9.88. The largest absolute Gasteiger partial charge is 0.478 e. The molecular formula is C32H44O8. The lowest BCUT2D eigenvalue weighted by molar-refractivity contribution is 0.0676. The van der Waals surface area contributed by atoms with Crippen LogP contribution in [-0.4, -0.2) is 44.3 Å². The molecule has 0 fully saturated rings. The van der Waals surface area contributed by atoms with Crippen molar-refractivity contribution in [2.75, 3.05) is 0 Å². The van der Waals surface area contributed by atoms with Crippen molar-refractivity contribution >= 4 is 23.9 Å². The highest BCUT2D eigenvalue weighted by Crippen LogP contribution is 2.34. The number of carboxylic acids is 4. The molecule has 2 aromatic carbocycles. The highest BCUT2D eigenvalue weighted by Gasteiger charge is 2.28. The number of benzene rings is 2. The van der Waals surface area contributed by atoms with Gasteiger partial charge in [0.25, 0.3) is 0 Å². The van der Waals surface area contributed by atoms with E-state index in [2.05, 4.69) is 27.7 Å². The summed E-state index contributed by atoms with van der Waals surface area (Å²) in [6.45, 7) is 8.32. The summed E-state index contributed by atoms with van der Waals surface area (Å²) in [6.07, 6.45) is 9.89. The minimum atomic E-state index is -1.13. The van der Waals surface area contributed by atoms with Crippen LogP contribution in [0.2, 0.25) is 0 Å². The Morgan fingerprint density at radius 2 is 0.775 bits per heavy atom. The van der Waals surface area contributed by atoms with Gasteiger partial charge in [0, 0.05) is 0 Å². The van der Waals surface area contributed by atoms with Crippen molar-refractivity contribution in [2.45, 2.75) is 105 Å². The molecule has 0 aromatic heterocycles. The van der Waals surface area contributed by atoms with Gasteiger partial charge in [0.1, 0.15) is 0 Å². The molecule has 0 unspecified atom stereocenters. The third kappa shape index (κ3) is 9.81. The monoisotopic (exact) mass is 556 g/mol. The van der Waals surface area contributed by atoms with E-state index in [0.29, 0.717) is 36.8 Å². The topological polar surface area (TPSA) is 149 Å². The van der Waals surface area contributed by atoms with Gasteiger partial charge in [0.15, 0.2) is 0 Å². The summed E-state index contributed by atoms with van der Waals surface area (Å²) in [6, 6.07) is 5.20. The fourth-order valence-corrected chi connectivity index (χ4v) is 4.79. The van der Waals surface area contributed by atoms with Crippen LogP contribution in [0.4, 0.5) is 0 Å². The first-order valence-corrected chi connectivity index (χ1v) is 14.3. The molecule has 0 aliphatic carbocycles. The van der Waals surface area contributed by atoms with Gasteiger partial charge in [-0.2, -0.15) is 0 Å². The van der Waals surface area contributed by atoms with Gasteiger partial charge in [-0.1, -0.05) is 59.4 Å². The Balaban J connectivity index is 0.000000552. The summed E-state index contributed by atoms with van der Waals surface area (Å²) >= 11 is 0. The van der Waals surface area contributed by atoms with Gasteiger partial charge in [-0.25, -0.2) is 19.2 Å². The molecule has 0 aliphatic rings. The second kappa shape index (κ2) is 17.8. The molecule has 0 radical (unpaired) electrons. The van der Waals surface area contributed by atoms with Gasteiger partial charge in [-0.05, 0) is 91.8 Å². The number of carboxylic acid groups (broad SMARTS) is 4. The molecule has 0 saturated heterocycles. The van der Waals surface area contributed by atoms with Crippen molar-refractivity contribution in [1.29, 1.82) is 0 Å². The van der Waals surface area contributed by atoms with E-state index in [-0.39, 0.29) is 11.1 Å². The molecule has 0 amide bonds. The van der Waals surface area contributed by atoms with Crippen LogP contribution in [-0.2, 0) is 25.7 Å². The fourth-order valence-electron chi connectivity index (χ4n) is 4.79. The molecule has 0 saturated carbocycles. The lowest BCUT2D eigenvalue weighted by atomic mass is 9.80. The van der Waals surface area contributed by atoms with Crippen molar-refractivity contribution in [3.63, 3.8) is 0 Å². The number of unbranched alkanes of at least 4 members (excludes halogenated alkanes) is 4. The molecule has 8 nitrogen and oxygen atoms in total. The van der Waals surface area contributed by atoms with Crippen LogP contribution < -0.4 is 0 Å². The van der Waals surface area contributed by atoms with Gasteiger partial charge >= 0.3 is 23.9 Å². The van der Waals surface area contributed by atoms with E-state index < -0.39 is 23.9 Å². The first-order valence-electron chi connectivity index (χ1n) is 14.3. The Labute approximate surface area is 237 Å². The average molecular weight is 557 g/mol. The van der Waals surface area contributed by atoms with Gasteiger partial charge < -0.3 is 20.4 Å². The second-order valence-corrected chi connectivity index (χ2v) is 9.88. The Kier molecular flexibility index (Phi) is 15.3. The van der Waals surface area contributed by atoms with Crippen LogP contribution in [0.3, 0.4) is 0 Å². The van der Waals surface area contributed by atoms with E-state index in [9.17, 15) is 29.4 Å². The summed E-state index contributed by atoms with van der Waals surface area (Å²) in [5.41, 5.74) is 3.91. The average Bonchev–Trinajstić information content (AvgIpc) is 2.92. The van der Waals surface area contributed by atoms with Crippen molar-refractivity contribution in [3.8, 4) is 0 Å². The Hall–Kier alpha value is -3.68. The van der Waals surface area contributed by atoms with Crippen LogP contribution in [0.5, 0.6) is 0 Å². The zero-order valence-electron chi connectivity index (χ0n) is 24.2. The summed E-state index contributed by atoms with van der Waals surface area (Å²) in [4.78, 5) is 45.5. The smallest absolute Gasteiger partial charge is 0.336 e. The molecule has 0 atom stereocenters. The maximum absolute atomic E-state index is 12.4. The van der Waals surface area contributed by atoms with E-state index >= 15 is 0 Å². The van der Waals surface area contributed by atoms with Gasteiger partial charge in [-0.3, -0.25) is 0 Å². The zero-order chi connectivity index (χ0) is 30.2. The van der Waals surface area contributed by atoms with Crippen LogP contribution in [0.15, 0.2) is 24.3 Å². The molecule has 2 rings (SSSR count). The van der Waals surface area contributed by atoms with Crippen LogP contribution in [0.25, 0.3) is 0 Å². The molecule has 0 spiro atoms. The molecule has 40 heavy (non-hydrogen) atoms. The highest BCUT2D eigenvalue weighted by atomic mass is 16.4. The first kappa shape index (κ1) is 34.3. The number of carbonyl (C=O) groups is 4. The first-order chi connectivity index (χ1) is 19.0. The third-order valence-corrected chi connectivity index (χ3v) is 6.84. The number of rotatable bonds is 16. The molecule has 0 bridgehead atoms. The normalized spacial score (nSPS) is 10.5. The number of hydrogen-bond acceptors (Lipinski definition) is 4. The fraction of sp³-hybridized carbons (Fsp3) is 0.500. The molecule has 8 heteroatoms. The van der Waals surface area contributed by atoms with Crippen molar-refractivity contribution in [3.05, 3.63) is 68.8 Å². The SMILES string of the molecule is CCCCc1c(CCCC)c(C(=O)O)c(CCCC)c(CCCC)c1C(=O)O.O=C(O)c1cccc(C(=O)O)c1. The van der Waals surface area contributed by atoms with E-state index in [4.69, 9.17) is 10.2 Å². The molecule has 2 aromatic rings. The van der Waals surface area contributed by atoms with Crippen LogP contribution in [0, 0.1) is 0 Å². The van der Waals surface area contributed by atoms with Crippen molar-refractivity contribution < 1.29 is 39.6 Å². The minimum Gasteiger partial charge on any atom is -0.478 e.